The molecule has 0 aliphatic carbocycles. The van der Waals surface area contributed by atoms with Gasteiger partial charge in [0, 0.05) is 51.1 Å². The van der Waals surface area contributed by atoms with Crippen LogP contribution in [0.4, 0.5) is 5.82 Å². The highest BCUT2D eigenvalue weighted by molar-refractivity contribution is 5.47. The summed E-state index contributed by atoms with van der Waals surface area (Å²) in [5, 5.41) is 6.71. The molecule has 1 aromatic carbocycles. The molecule has 0 amide bonds. The van der Waals surface area contributed by atoms with E-state index in [2.05, 4.69) is 45.9 Å². The molecule has 0 radical (unpaired) electrons. The second kappa shape index (κ2) is 8.14. The van der Waals surface area contributed by atoms with Crippen molar-refractivity contribution in [1.29, 1.82) is 0 Å². The lowest BCUT2D eigenvalue weighted by atomic mass is 9.96. The fraction of sp³-hybridized carbons (Fsp3) is 0.524. The third kappa shape index (κ3) is 3.89. The van der Waals surface area contributed by atoms with Gasteiger partial charge in [-0.25, -0.2) is 9.97 Å². The van der Waals surface area contributed by atoms with Crippen molar-refractivity contribution in [3.05, 3.63) is 53.0 Å². The van der Waals surface area contributed by atoms with Crippen LogP contribution in [0, 0.1) is 0 Å². The van der Waals surface area contributed by atoms with Crippen LogP contribution in [-0.4, -0.2) is 48.1 Å². The summed E-state index contributed by atoms with van der Waals surface area (Å²) < 4.78 is 0. The van der Waals surface area contributed by atoms with E-state index in [1.54, 1.807) is 0 Å². The van der Waals surface area contributed by atoms with E-state index < -0.39 is 0 Å². The highest BCUT2D eigenvalue weighted by Gasteiger charge is 2.26. The van der Waals surface area contributed by atoms with Crippen LogP contribution >= 0.6 is 0 Å². The van der Waals surface area contributed by atoms with Crippen molar-refractivity contribution >= 4 is 5.82 Å². The molecule has 2 aliphatic heterocycles. The SMILES string of the molecule is CNc1nc(C2CCCN(CCc3ccccc3)C2)nc2c1CNCC2. The molecule has 0 bridgehead atoms. The number of hydrogen-bond acceptors (Lipinski definition) is 5. The predicted molar refractivity (Wildman–Crippen MR) is 106 cm³/mol. The molecule has 1 atom stereocenters. The van der Waals surface area contributed by atoms with Crippen molar-refractivity contribution in [2.75, 3.05) is 38.5 Å². The number of aromatic nitrogens is 2. The second-order valence-corrected chi connectivity index (χ2v) is 7.41. The number of hydrogen-bond donors (Lipinski definition) is 2. The van der Waals surface area contributed by atoms with Crippen molar-refractivity contribution in [2.45, 2.75) is 38.1 Å². The Labute approximate surface area is 156 Å². The minimum atomic E-state index is 0.451. The van der Waals surface area contributed by atoms with Crippen LogP contribution in [0.15, 0.2) is 30.3 Å². The Balaban J connectivity index is 1.45. The van der Waals surface area contributed by atoms with E-state index >= 15 is 0 Å². The van der Waals surface area contributed by atoms with Gasteiger partial charge in [-0.1, -0.05) is 30.3 Å². The Hall–Kier alpha value is -1.98. The van der Waals surface area contributed by atoms with Gasteiger partial charge in [0.25, 0.3) is 0 Å². The quantitative estimate of drug-likeness (QED) is 0.867. The summed E-state index contributed by atoms with van der Waals surface area (Å²) in [6.07, 6.45) is 4.55. The molecule has 138 valence electrons. The smallest absolute Gasteiger partial charge is 0.135 e. The Kier molecular flexibility index (Phi) is 5.46. The molecule has 2 aliphatic rings. The first kappa shape index (κ1) is 17.4. The number of nitrogens with zero attached hydrogens (tertiary/aromatic N) is 3. The lowest BCUT2D eigenvalue weighted by Crippen LogP contribution is -2.37. The van der Waals surface area contributed by atoms with Gasteiger partial charge < -0.3 is 15.5 Å². The molecular formula is C21H29N5. The van der Waals surface area contributed by atoms with Crippen molar-refractivity contribution in [1.82, 2.24) is 20.2 Å². The first-order chi connectivity index (χ1) is 12.8. The van der Waals surface area contributed by atoms with Crippen LogP contribution in [0.1, 0.15) is 41.4 Å². The molecule has 0 saturated carbocycles. The summed E-state index contributed by atoms with van der Waals surface area (Å²) in [5.41, 5.74) is 3.91. The lowest BCUT2D eigenvalue weighted by Gasteiger charge is -2.32. The fourth-order valence-electron chi connectivity index (χ4n) is 4.15. The fourth-order valence-corrected chi connectivity index (χ4v) is 4.15. The average molecular weight is 351 g/mol. The first-order valence-electron chi connectivity index (χ1n) is 9.88. The zero-order valence-electron chi connectivity index (χ0n) is 15.7. The Bertz CT molecular complexity index is 713. The molecule has 2 aromatic rings. The van der Waals surface area contributed by atoms with Gasteiger partial charge >= 0.3 is 0 Å². The topological polar surface area (TPSA) is 53.1 Å². The summed E-state index contributed by atoms with van der Waals surface area (Å²) in [4.78, 5) is 12.5. The number of rotatable bonds is 5. The van der Waals surface area contributed by atoms with Gasteiger partial charge in [0.1, 0.15) is 11.6 Å². The Morgan fingerprint density at radius 3 is 2.96 bits per heavy atom. The molecular weight excluding hydrogens is 322 g/mol. The molecule has 1 fully saturated rings. The highest BCUT2D eigenvalue weighted by atomic mass is 15.1. The maximum absolute atomic E-state index is 4.98. The van der Waals surface area contributed by atoms with Crippen LogP contribution in [-0.2, 0) is 19.4 Å². The third-order valence-corrected chi connectivity index (χ3v) is 5.62. The zero-order valence-corrected chi connectivity index (χ0v) is 15.7. The van der Waals surface area contributed by atoms with Crippen LogP contribution in [0.25, 0.3) is 0 Å². The van der Waals surface area contributed by atoms with E-state index in [0.717, 1.165) is 50.7 Å². The molecule has 3 heterocycles. The van der Waals surface area contributed by atoms with Crippen molar-refractivity contribution in [3.8, 4) is 0 Å². The standard InChI is InChI=1S/C21H29N5/c1-22-21-18-14-23-11-9-19(18)24-20(25-21)17-8-5-12-26(15-17)13-10-16-6-3-2-4-7-16/h2-4,6-7,17,23H,5,8-15H2,1H3,(H,22,24,25). The van der Waals surface area contributed by atoms with E-state index in [1.165, 1.54) is 36.2 Å². The second-order valence-electron chi connectivity index (χ2n) is 7.41. The summed E-state index contributed by atoms with van der Waals surface area (Å²) in [6, 6.07) is 10.8. The summed E-state index contributed by atoms with van der Waals surface area (Å²) >= 11 is 0. The number of fused-ring (bicyclic) bond motifs is 1. The molecule has 4 rings (SSSR count). The summed E-state index contributed by atoms with van der Waals surface area (Å²) in [5.74, 6) is 2.50. The van der Waals surface area contributed by atoms with Crippen LogP contribution < -0.4 is 10.6 Å². The Morgan fingerprint density at radius 2 is 2.12 bits per heavy atom. The van der Waals surface area contributed by atoms with E-state index in [0.29, 0.717) is 5.92 Å². The number of likely N-dealkylation sites (tertiary alicyclic amines) is 1. The van der Waals surface area contributed by atoms with E-state index in [4.69, 9.17) is 9.97 Å². The van der Waals surface area contributed by atoms with Gasteiger partial charge in [0.15, 0.2) is 0 Å². The predicted octanol–water partition coefficient (Wildman–Crippen LogP) is 2.59. The highest BCUT2D eigenvalue weighted by Crippen LogP contribution is 2.28. The van der Waals surface area contributed by atoms with Crippen LogP contribution in [0.3, 0.4) is 0 Å². The van der Waals surface area contributed by atoms with Gasteiger partial charge in [-0.15, -0.1) is 0 Å². The number of piperidine rings is 1. The summed E-state index contributed by atoms with van der Waals surface area (Å²) in [6.45, 7) is 5.28. The Morgan fingerprint density at radius 1 is 1.23 bits per heavy atom. The van der Waals surface area contributed by atoms with Gasteiger partial charge in [0.05, 0.1) is 5.69 Å². The normalized spacial score (nSPS) is 20.6. The monoisotopic (exact) mass is 351 g/mol. The van der Waals surface area contributed by atoms with E-state index in [9.17, 15) is 0 Å². The maximum Gasteiger partial charge on any atom is 0.135 e. The molecule has 5 heteroatoms. The first-order valence-corrected chi connectivity index (χ1v) is 9.88. The summed E-state index contributed by atoms with van der Waals surface area (Å²) in [7, 11) is 1.97. The van der Waals surface area contributed by atoms with E-state index in [1.807, 2.05) is 7.05 Å². The van der Waals surface area contributed by atoms with Crippen LogP contribution in [0.2, 0.25) is 0 Å². The number of nitrogens with one attached hydrogen (secondary N) is 2. The third-order valence-electron chi connectivity index (χ3n) is 5.62. The molecule has 1 saturated heterocycles. The molecule has 1 unspecified atom stereocenters. The van der Waals surface area contributed by atoms with Gasteiger partial charge in [-0.2, -0.15) is 0 Å². The lowest BCUT2D eigenvalue weighted by molar-refractivity contribution is 0.206. The molecule has 2 N–H and O–H groups in total. The minimum Gasteiger partial charge on any atom is -0.373 e. The number of anilines is 1. The molecule has 5 nitrogen and oxygen atoms in total. The molecule has 1 aromatic heterocycles. The van der Waals surface area contributed by atoms with Gasteiger partial charge in [-0.3, -0.25) is 0 Å². The van der Waals surface area contributed by atoms with Crippen molar-refractivity contribution < 1.29 is 0 Å². The number of benzene rings is 1. The van der Waals surface area contributed by atoms with Gasteiger partial charge in [0.2, 0.25) is 0 Å². The largest absolute Gasteiger partial charge is 0.373 e. The maximum atomic E-state index is 4.98. The van der Waals surface area contributed by atoms with Crippen molar-refractivity contribution in [2.24, 2.45) is 0 Å². The van der Waals surface area contributed by atoms with Gasteiger partial charge in [-0.05, 0) is 31.4 Å². The zero-order chi connectivity index (χ0) is 17.8. The van der Waals surface area contributed by atoms with Crippen molar-refractivity contribution in [3.63, 3.8) is 0 Å². The van der Waals surface area contributed by atoms with E-state index in [-0.39, 0.29) is 0 Å². The average Bonchev–Trinajstić information content (AvgIpc) is 2.72. The molecule has 26 heavy (non-hydrogen) atoms. The molecule has 0 spiro atoms. The van der Waals surface area contributed by atoms with Crippen LogP contribution in [0.5, 0.6) is 0 Å². The minimum absolute atomic E-state index is 0.451.